The SMILES string of the molecule is CC(=O)N[C@@H](Cc1ccc(OP(=O)(O)O)cc1)C(=O)NCCCN1CCCNC1=O. The van der Waals surface area contributed by atoms with Crippen LogP contribution in [0.2, 0.25) is 0 Å². The van der Waals surface area contributed by atoms with Crippen LogP contribution in [0.3, 0.4) is 0 Å². The van der Waals surface area contributed by atoms with Gasteiger partial charge in [-0.15, -0.1) is 0 Å². The molecule has 1 fully saturated rings. The highest BCUT2D eigenvalue weighted by atomic mass is 31.2. The molecule has 1 aliphatic heterocycles. The van der Waals surface area contributed by atoms with Crippen LogP contribution in [0.5, 0.6) is 5.75 Å². The van der Waals surface area contributed by atoms with Gasteiger partial charge < -0.3 is 25.4 Å². The second kappa shape index (κ2) is 11.0. The number of carbonyl (C=O) groups is 3. The summed E-state index contributed by atoms with van der Waals surface area (Å²) in [7, 11) is -4.64. The third kappa shape index (κ3) is 8.40. The van der Waals surface area contributed by atoms with Crippen LogP contribution in [-0.4, -0.2) is 64.8 Å². The molecular weight excluding hydrogens is 415 g/mol. The van der Waals surface area contributed by atoms with E-state index in [1.54, 1.807) is 17.0 Å². The fourth-order valence-electron chi connectivity index (χ4n) is 3.01. The summed E-state index contributed by atoms with van der Waals surface area (Å²) in [5.41, 5.74) is 0.673. The smallest absolute Gasteiger partial charge is 0.404 e. The Bertz CT molecular complexity index is 796. The quantitative estimate of drug-likeness (QED) is 0.254. The van der Waals surface area contributed by atoms with Crippen LogP contribution in [0.25, 0.3) is 0 Å². The molecule has 0 spiro atoms. The number of phosphoric ester groups is 1. The first-order chi connectivity index (χ1) is 14.1. The highest BCUT2D eigenvalue weighted by Crippen LogP contribution is 2.37. The van der Waals surface area contributed by atoms with Gasteiger partial charge in [-0.2, -0.15) is 0 Å². The zero-order chi connectivity index (χ0) is 22.1. The molecule has 0 radical (unpaired) electrons. The number of phosphoric acid groups is 1. The van der Waals surface area contributed by atoms with Crippen molar-refractivity contribution in [2.24, 2.45) is 0 Å². The summed E-state index contributed by atoms with van der Waals surface area (Å²) in [6, 6.07) is 4.95. The van der Waals surface area contributed by atoms with Crippen LogP contribution in [0.4, 0.5) is 4.79 Å². The van der Waals surface area contributed by atoms with Crippen LogP contribution < -0.4 is 20.5 Å². The van der Waals surface area contributed by atoms with Gasteiger partial charge in [0.2, 0.25) is 11.8 Å². The molecule has 0 bridgehead atoms. The molecule has 5 N–H and O–H groups in total. The third-order valence-electron chi connectivity index (χ3n) is 4.35. The Balaban J connectivity index is 1.86. The van der Waals surface area contributed by atoms with E-state index in [2.05, 4.69) is 20.5 Å². The molecule has 1 aliphatic rings. The van der Waals surface area contributed by atoms with E-state index in [1.807, 2.05) is 0 Å². The highest BCUT2D eigenvalue weighted by Gasteiger charge is 2.21. The van der Waals surface area contributed by atoms with Gasteiger partial charge in [0.1, 0.15) is 11.8 Å². The van der Waals surface area contributed by atoms with Crippen molar-refractivity contribution in [1.82, 2.24) is 20.9 Å². The van der Waals surface area contributed by atoms with Crippen LogP contribution in [0, 0.1) is 0 Å². The van der Waals surface area contributed by atoms with E-state index >= 15 is 0 Å². The molecule has 12 heteroatoms. The molecule has 1 heterocycles. The summed E-state index contributed by atoms with van der Waals surface area (Å²) in [6.45, 7) is 3.56. The second-order valence-corrected chi connectivity index (χ2v) is 8.06. The molecule has 0 aliphatic carbocycles. The lowest BCUT2D eigenvalue weighted by atomic mass is 10.0. The minimum atomic E-state index is -4.64. The molecule has 4 amide bonds. The van der Waals surface area contributed by atoms with E-state index in [-0.39, 0.29) is 30.0 Å². The monoisotopic (exact) mass is 442 g/mol. The Kier molecular flexibility index (Phi) is 8.64. The van der Waals surface area contributed by atoms with Crippen molar-refractivity contribution in [2.75, 3.05) is 26.2 Å². The summed E-state index contributed by atoms with van der Waals surface area (Å²) in [6.07, 6.45) is 1.66. The molecule has 11 nitrogen and oxygen atoms in total. The predicted octanol–water partition coefficient (Wildman–Crippen LogP) is 0.127. The minimum absolute atomic E-state index is 0.00522. The van der Waals surface area contributed by atoms with E-state index in [0.717, 1.165) is 6.42 Å². The predicted molar refractivity (Wildman–Crippen MR) is 108 cm³/mol. The first-order valence-electron chi connectivity index (χ1n) is 9.56. The van der Waals surface area contributed by atoms with Crippen molar-refractivity contribution in [3.63, 3.8) is 0 Å². The number of rotatable bonds is 10. The minimum Gasteiger partial charge on any atom is -0.404 e. The molecule has 1 saturated heterocycles. The van der Waals surface area contributed by atoms with Gasteiger partial charge in [-0.05, 0) is 30.5 Å². The number of carbonyl (C=O) groups excluding carboxylic acids is 3. The molecule has 0 unspecified atom stereocenters. The lowest BCUT2D eigenvalue weighted by Gasteiger charge is -2.27. The molecule has 1 atom stereocenters. The molecule has 0 aromatic heterocycles. The van der Waals surface area contributed by atoms with E-state index in [1.165, 1.54) is 19.1 Å². The van der Waals surface area contributed by atoms with Gasteiger partial charge in [0.15, 0.2) is 0 Å². The van der Waals surface area contributed by atoms with Crippen molar-refractivity contribution in [1.29, 1.82) is 0 Å². The van der Waals surface area contributed by atoms with Gasteiger partial charge in [-0.3, -0.25) is 19.4 Å². The average molecular weight is 442 g/mol. The van der Waals surface area contributed by atoms with Crippen molar-refractivity contribution < 1.29 is 33.3 Å². The van der Waals surface area contributed by atoms with Gasteiger partial charge in [-0.1, -0.05) is 12.1 Å². The second-order valence-electron chi connectivity index (χ2n) is 6.90. The topological polar surface area (TPSA) is 157 Å². The van der Waals surface area contributed by atoms with Crippen molar-refractivity contribution in [3.8, 4) is 5.75 Å². The van der Waals surface area contributed by atoms with Gasteiger partial charge in [0.25, 0.3) is 0 Å². The van der Waals surface area contributed by atoms with E-state index in [9.17, 15) is 18.9 Å². The molecular formula is C18H27N4O7P. The first-order valence-corrected chi connectivity index (χ1v) is 11.1. The Morgan fingerprint density at radius 2 is 2.00 bits per heavy atom. The van der Waals surface area contributed by atoms with Crippen molar-refractivity contribution >= 4 is 25.7 Å². The first kappa shape index (κ1) is 23.7. The van der Waals surface area contributed by atoms with Gasteiger partial charge >= 0.3 is 13.9 Å². The summed E-state index contributed by atoms with van der Waals surface area (Å²) >= 11 is 0. The van der Waals surface area contributed by atoms with Crippen LogP contribution in [0.15, 0.2) is 24.3 Å². The third-order valence-corrected chi connectivity index (χ3v) is 4.80. The van der Waals surface area contributed by atoms with Gasteiger partial charge in [0.05, 0.1) is 0 Å². The summed E-state index contributed by atoms with van der Waals surface area (Å²) < 4.78 is 15.3. The van der Waals surface area contributed by atoms with Crippen molar-refractivity contribution in [3.05, 3.63) is 29.8 Å². The fraction of sp³-hybridized carbons (Fsp3) is 0.500. The maximum absolute atomic E-state index is 12.5. The number of hydrogen-bond acceptors (Lipinski definition) is 5. The number of amides is 4. The molecule has 166 valence electrons. The number of nitrogens with one attached hydrogen (secondary N) is 3. The fourth-order valence-corrected chi connectivity index (χ4v) is 3.41. The van der Waals surface area contributed by atoms with E-state index < -0.39 is 13.9 Å². The van der Waals surface area contributed by atoms with Crippen LogP contribution in [0.1, 0.15) is 25.3 Å². The maximum atomic E-state index is 12.5. The number of urea groups is 1. The van der Waals surface area contributed by atoms with E-state index in [4.69, 9.17) is 9.79 Å². The summed E-state index contributed by atoms with van der Waals surface area (Å²) in [5, 5.41) is 8.13. The average Bonchev–Trinajstić information content (AvgIpc) is 2.66. The molecule has 1 aromatic rings. The molecule has 0 saturated carbocycles. The van der Waals surface area contributed by atoms with E-state index in [0.29, 0.717) is 38.2 Å². The lowest BCUT2D eigenvalue weighted by Crippen LogP contribution is -2.49. The number of hydrogen-bond donors (Lipinski definition) is 5. The molecule has 2 rings (SSSR count). The Morgan fingerprint density at radius 3 is 2.60 bits per heavy atom. The van der Waals surface area contributed by atoms with Crippen LogP contribution in [-0.2, 0) is 20.6 Å². The maximum Gasteiger partial charge on any atom is 0.524 e. The molecule has 1 aromatic carbocycles. The zero-order valence-corrected chi connectivity index (χ0v) is 17.6. The molecule has 30 heavy (non-hydrogen) atoms. The standard InChI is InChI=1S/C18H27N4O7P/c1-13(23)21-16(12-14-4-6-15(7-5-14)29-30(26,27)28)17(24)19-8-2-10-22-11-3-9-20-18(22)25/h4-7,16H,2-3,8-12H2,1H3,(H,19,24)(H,20,25)(H,21,23)(H2,26,27,28)/t16-/m0/s1. The highest BCUT2D eigenvalue weighted by molar-refractivity contribution is 7.46. The lowest BCUT2D eigenvalue weighted by molar-refractivity contribution is -0.128. The largest absolute Gasteiger partial charge is 0.524 e. The Hall–Kier alpha value is -2.62. The Morgan fingerprint density at radius 1 is 1.30 bits per heavy atom. The zero-order valence-electron chi connectivity index (χ0n) is 16.7. The van der Waals surface area contributed by atoms with Gasteiger partial charge in [0, 0.05) is 39.5 Å². The summed E-state index contributed by atoms with van der Waals surface area (Å²) in [4.78, 5) is 55.0. The van der Waals surface area contributed by atoms with Gasteiger partial charge in [-0.25, -0.2) is 9.36 Å². The Labute approximate surface area is 174 Å². The van der Waals surface area contributed by atoms with Crippen molar-refractivity contribution in [2.45, 2.75) is 32.2 Å². The summed E-state index contributed by atoms with van der Waals surface area (Å²) in [5.74, 6) is -0.722. The normalized spacial score (nSPS) is 15.2. The number of nitrogens with zero attached hydrogens (tertiary/aromatic N) is 1. The number of benzene rings is 1. The van der Waals surface area contributed by atoms with Crippen LogP contribution >= 0.6 is 7.82 Å².